The third kappa shape index (κ3) is 3.78. The normalized spacial score (nSPS) is 10.8. The fraction of sp³-hybridized carbons (Fsp3) is 0.500. The third-order valence-corrected chi connectivity index (χ3v) is 2.73. The highest BCUT2D eigenvalue weighted by atomic mass is 16.1. The summed E-state index contributed by atoms with van der Waals surface area (Å²) in [5, 5.41) is 3.05. The zero-order chi connectivity index (χ0) is 12.0. The van der Waals surface area contributed by atoms with Crippen molar-refractivity contribution in [2.75, 3.05) is 13.6 Å². The van der Waals surface area contributed by atoms with Gasteiger partial charge in [-0.25, -0.2) is 0 Å². The minimum absolute atomic E-state index is 0.241. The molecule has 0 radical (unpaired) electrons. The third-order valence-electron chi connectivity index (χ3n) is 2.73. The molecule has 1 aromatic rings. The Morgan fingerprint density at radius 1 is 1.25 bits per heavy atom. The predicted molar refractivity (Wildman–Crippen MR) is 68.0 cm³/mol. The van der Waals surface area contributed by atoms with Gasteiger partial charge in [-0.2, -0.15) is 0 Å². The first-order valence-electron chi connectivity index (χ1n) is 5.93. The lowest BCUT2D eigenvalue weighted by molar-refractivity contribution is 0.0980. The van der Waals surface area contributed by atoms with Crippen molar-refractivity contribution in [2.24, 2.45) is 0 Å². The second-order valence-electron chi connectivity index (χ2n) is 4.41. The van der Waals surface area contributed by atoms with Crippen molar-refractivity contribution >= 4 is 5.78 Å². The maximum atomic E-state index is 11.8. The molecule has 0 aromatic heterocycles. The molecule has 1 rings (SSSR count). The summed E-state index contributed by atoms with van der Waals surface area (Å²) in [7, 11) is 1.90. The summed E-state index contributed by atoms with van der Waals surface area (Å²) < 4.78 is 0. The van der Waals surface area contributed by atoms with E-state index < -0.39 is 0 Å². The van der Waals surface area contributed by atoms with Crippen molar-refractivity contribution < 1.29 is 4.79 Å². The van der Waals surface area contributed by atoms with Crippen molar-refractivity contribution in [3.63, 3.8) is 0 Å². The number of hydrogen-bond donors (Lipinski definition) is 1. The van der Waals surface area contributed by atoms with E-state index in [9.17, 15) is 4.79 Å². The Hall–Kier alpha value is -1.15. The molecule has 0 bridgehead atoms. The van der Waals surface area contributed by atoms with Gasteiger partial charge in [0.1, 0.15) is 0 Å². The molecule has 2 heteroatoms. The summed E-state index contributed by atoms with van der Waals surface area (Å²) in [6.45, 7) is 5.21. The lowest BCUT2D eigenvalue weighted by Crippen LogP contribution is -2.10. The van der Waals surface area contributed by atoms with Crippen LogP contribution in [0.1, 0.15) is 48.5 Å². The van der Waals surface area contributed by atoms with Crippen LogP contribution in [-0.2, 0) is 0 Å². The van der Waals surface area contributed by atoms with Gasteiger partial charge in [-0.3, -0.25) is 4.79 Å². The zero-order valence-corrected chi connectivity index (χ0v) is 10.4. The minimum atomic E-state index is 0.241. The van der Waals surface area contributed by atoms with Crippen LogP contribution in [0.2, 0.25) is 0 Å². The first-order chi connectivity index (χ1) is 7.65. The standard InChI is InChI=1S/C14H21NO/c1-11(2)12-6-8-13(9-7-12)14(16)5-4-10-15-3/h6-9,11,15H,4-5,10H2,1-3H3. The second-order valence-corrected chi connectivity index (χ2v) is 4.41. The predicted octanol–water partition coefficient (Wildman–Crippen LogP) is 2.99. The Kier molecular flexibility index (Phi) is 5.20. The van der Waals surface area contributed by atoms with E-state index in [2.05, 4.69) is 31.3 Å². The Labute approximate surface area is 98.1 Å². The minimum Gasteiger partial charge on any atom is -0.320 e. The van der Waals surface area contributed by atoms with Crippen LogP contribution in [0.5, 0.6) is 0 Å². The summed E-state index contributed by atoms with van der Waals surface area (Å²) in [4.78, 5) is 11.8. The number of rotatable bonds is 6. The molecule has 0 atom stereocenters. The summed E-state index contributed by atoms with van der Waals surface area (Å²) >= 11 is 0. The lowest BCUT2D eigenvalue weighted by Gasteiger charge is -2.06. The summed E-state index contributed by atoms with van der Waals surface area (Å²) in [6.07, 6.45) is 1.53. The van der Waals surface area contributed by atoms with Gasteiger partial charge in [-0.1, -0.05) is 38.1 Å². The molecule has 0 saturated carbocycles. The Bertz CT molecular complexity index is 327. The number of carbonyl (C=O) groups excluding carboxylic acids is 1. The van der Waals surface area contributed by atoms with E-state index in [1.54, 1.807) is 0 Å². The van der Waals surface area contributed by atoms with E-state index in [1.165, 1.54) is 5.56 Å². The molecule has 0 fully saturated rings. The van der Waals surface area contributed by atoms with Crippen LogP contribution < -0.4 is 5.32 Å². The van der Waals surface area contributed by atoms with Crippen molar-refractivity contribution in [2.45, 2.75) is 32.6 Å². The van der Waals surface area contributed by atoms with E-state index in [0.29, 0.717) is 12.3 Å². The molecular weight excluding hydrogens is 198 g/mol. The fourth-order valence-corrected chi connectivity index (χ4v) is 1.62. The molecule has 0 aliphatic heterocycles. The lowest BCUT2D eigenvalue weighted by atomic mass is 9.99. The van der Waals surface area contributed by atoms with Crippen LogP contribution in [0.3, 0.4) is 0 Å². The number of Topliss-reactive ketones (excluding diaryl/α,β-unsaturated/α-hetero) is 1. The second kappa shape index (κ2) is 6.44. The Morgan fingerprint density at radius 2 is 1.88 bits per heavy atom. The number of benzene rings is 1. The van der Waals surface area contributed by atoms with Crippen LogP contribution >= 0.6 is 0 Å². The van der Waals surface area contributed by atoms with Crippen LogP contribution in [0.15, 0.2) is 24.3 Å². The highest BCUT2D eigenvalue weighted by Crippen LogP contribution is 2.15. The van der Waals surface area contributed by atoms with E-state index >= 15 is 0 Å². The van der Waals surface area contributed by atoms with Gasteiger partial charge in [0, 0.05) is 12.0 Å². The largest absolute Gasteiger partial charge is 0.320 e. The van der Waals surface area contributed by atoms with Gasteiger partial charge >= 0.3 is 0 Å². The molecule has 0 heterocycles. The molecule has 0 aliphatic rings. The van der Waals surface area contributed by atoms with Gasteiger partial charge < -0.3 is 5.32 Å². The first-order valence-corrected chi connectivity index (χ1v) is 5.93. The number of carbonyl (C=O) groups is 1. The zero-order valence-electron chi connectivity index (χ0n) is 10.4. The monoisotopic (exact) mass is 219 g/mol. The molecule has 16 heavy (non-hydrogen) atoms. The molecular formula is C14H21NO. The average Bonchev–Trinajstić information content (AvgIpc) is 2.29. The highest BCUT2D eigenvalue weighted by Gasteiger charge is 2.06. The van der Waals surface area contributed by atoms with E-state index in [0.717, 1.165) is 18.5 Å². The van der Waals surface area contributed by atoms with E-state index in [-0.39, 0.29) is 5.78 Å². The molecule has 1 aromatic carbocycles. The Morgan fingerprint density at radius 3 is 2.38 bits per heavy atom. The summed E-state index contributed by atoms with van der Waals surface area (Å²) in [5.74, 6) is 0.763. The quantitative estimate of drug-likeness (QED) is 0.588. The van der Waals surface area contributed by atoms with Crippen LogP contribution in [0, 0.1) is 0 Å². The van der Waals surface area contributed by atoms with Crippen LogP contribution in [0.25, 0.3) is 0 Å². The first kappa shape index (κ1) is 12.9. The average molecular weight is 219 g/mol. The molecule has 0 aliphatic carbocycles. The van der Waals surface area contributed by atoms with Gasteiger partial charge in [-0.15, -0.1) is 0 Å². The maximum Gasteiger partial charge on any atom is 0.162 e. The maximum absolute atomic E-state index is 11.8. The van der Waals surface area contributed by atoms with Crippen LogP contribution in [0.4, 0.5) is 0 Å². The highest BCUT2D eigenvalue weighted by molar-refractivity contribution is 5.96. The Balaban J connectivity index is 2.56. The molecule has 2 nitrogen and oxygen atoms in total. The van der Waals surface area contributed by atoms with Crippen molar-refractivity contribution in [1.29, 1.82) is 0 Å². The number of hydrogen-bond acceptors (Lipinski definition) is 2. The van der Waals surface area contributed by atoms with Gasteiger partial charge in [0.15, 0.2) is 5.78 Å². The van der Waals surface area contributed by atoms with Gasteiger partial charge in [-0.05, 0) is 31.5 Å². The summed E-state index contributed by atoms with van der Waals surface area (Å²) in [5.41, 5.74) is 2.12. The molecule has 0 amide bonds. The summed E-state index contributed by atoms with van der Waals surface area (Å²) in [6, 6.07) is 7.99. The van der Waals surface area contributed by atoms with Gasteiger partial charge in [0.25, 0.3) is 0 Å². The van der Waals surface area contributed by atoms with Crippen molar-refractivity contribution in [3.05, 3.63) is 35.4 Å². The van der Waals surface area contributed by atoms with Crippen molar-refractivity contribution in [1.82, 2.24) is 5.32 Å². The molecule has 0 unspecified atom stereocenters. The van der Waals surface area contributed by atoms with E-state index in [4.69, 9.17) is 0 Å². The van der Waals surface area contributed by atoms with Crippen molar-refractivity contribution in [3.8, 4) is 0 Å². The molecule has 0 saturated heterocycles. The van der Waals surface area contributed by atoms with Gasteiger partial charge in [0.05, 0.1) is 0 Å². The topological polar surface area (TPSA) is 29.1 Å². The number of nitrogens with one attached hydrogen (secondary N) is 1. The van der Waals surface area contributed by atoms with E-state index in [1.807, 2.05) is 19.2 Å². The van der Waals surface area contributed by atoms with Crippen LogP contribution in [-0.4, -0.2) is 19.4 Å². The smallest absolute Gasteiger partial charge is 0.162 e. The molecule has 1 N–H and O–H groups in total. The molecule has 0 spiro atoms. The molecule has 88 valence electrons. The number of ketones is 1. The van der Waals surface area contributed by atoms with Gasteiger partial charge in [0.2, 0.25) is 0 Å². The SMILES string of the molecule is CNCCCC(=O)c1ccc(C(C)C)cc1. The fourth-order valence-electron chi connectivity index (χ4n) is 1.62.